The van der Waals surface area contributed by atoms with E-state index in [1.807, 2.05) is 19.9 Å². The summed E-state index contributed by atoms with van der Waals surface area (Å²) < 4.78 is 17.1. The largest absolute Gasteiger partial charge is 0.508 e. The van der Waals surface area contributed by atoms with Gasteiger partial charge in [-0.05, 0) is 34.1 Å². The molecule has 4 N–H and O–H groups in total. The third kappa shape index (κ3) is 3.84. The van der Waals surface area contributed by atoms with E-state index in [-0.39, 0.29) is 46.0 Å². The number of fused-ring (bicyclic) bond motifs is 2. The summed E-state index contributed by atoms with van der Waals surface area (Å²) in [7, 11) is 1.41. The second-order valence-corrected chi connectivity index (χ2v) is 9.31. The zero-order valence-electron chi connectivity index (χ0n) is 19.7. The van der Waals surface area contributed by atoms with E-state index >= 15 is 0 Å². The molecule has 2 heterocycles. The van der Waals surface area contributed by atoms with Crippen LogP contribution in [0.2, 0.25) is 0 Å². The van der Waals surface area contributed by atoms with E-state index in [1.165, 1.54) is 19.4 Å². The number of allylic oxidation sites excluding steroid dienone is 2. The molecule has 1 aliphatic heterocycles. The zero-order valence-corrected chi connectivity index (χ0v) is 19.7. The molecule has 34 heavy (non-hydrogen) atoms. The highest BCUT2D eigenvalue weighted by molar-refractivity contribution is 5.90. The number of methoxy groups -OCH3 is 1. The lowest BCUT2D eigenvalue weighted by Gasteiger charge is -2.24. The van der Waals surface area contributed by atoms with Gasteiger partial charge in [0, 0.05) is 35.2 Å². The Morgan fingerprint density at radius 3 is 2.56 bits per heavy atom. The van der Waals surface area contributed by atoms with Gasteiger partial charge in [-0.25, -0.2) is 0 Å². The van der Waals surface area contributed by atoms with Crippen molar-refractivity contribution < 1.29 is 34.3 Å². The van der Waals surface area contributed by atoms with Gasteiger partial charge >= 0.3 is 0 Å². The van der Waals surface area contributed by atoms with Crippen molar-refractivity contribution in [1.82, 2.24) is 0 Å². The van der Waals surface area contributed by atoms with Gasteiger partial charge in [-0.2, -0.15) is 0 Å². The molecule has 0 radical (unpaired) electrons. The Hall–Kier alpha value is -3.65. The summed E-state index contributed by atoms with van der Waals surface area (Å²) in [6.07, 6.45) is 3.10. The first-order valence-electron chi connectivity index (χ1n) is 10.9. The molecule has 1 atom stereocenters. The Balaban J connectivity index is 2.10. The Morgan fingerprint density at radius 1 is 1.24 bits per heavy atom. The predicted octanol–water partition coefficient (Wildman–Crippen LogP) is 4.17. The summed E-state index contributed by atoms with van der Waals surface area (Å²) in [5.41, 5.74) is 0.996. The first kappa shape index (κ1) is 23.5. The Labute approximate surface area is 196 Å². The van der Waals surface area contributed by atoms with E-state index in [9.17, 15) is 25.2 Å². The van der Waals surface area contributed by atoms with Crippen LogP contribution in [-0.4, -0.2) is 39.2 Å². The second-order valence-electron chi connectivity index (χ2n) is 9.31. The minimum Gasteiger partial charge on any atom is -0.508 e. The fraction of sp³-hybridized carbons (Fsp3) is 0.346. The highest BCUT2D eigenvalue weighted by Crippen LogP contribution is 2.52. The number of phenols is 3. The molecule has 0 aliphatic carbocycles. The first-order chi connectivity index (χ1) is 15.9. The van der Waals surface area contributed by atoms with Gasteiger partial charge in [0.25, 0.3) is 0 Å². The maximum absolute atomic E-state index is 13.6. The van der Waals surface area contributed by atoms with Crippen LogP contribution in [0.1, 0.15) is 38.8 Å². The number of benzene rings is 2. The second kappa shape index (κ2) is 8.29. The summed E-state index contributed by atoms with van der Waals surface area (Å²) in [5, 5.41) is 41.7. The van der Waals surface area contributed by atoms with E-state index < -0.39 is 22.9 Å². The number of phenolic OH excluding ortho intramolecular Hbond substituents is 3. The van der Waals surface area contributed by atoms with Gasteiger partial charge in [0.15, 0.2) is 11.5 Å². The smallest absolute Gasteiger partial charge is 0.204 e. The highest BCUT2D eigenvalue weighted by atomic mass is 16.5. The summed E-state index contributed by atoms with van der Waals surface area (Å²) >= 11 is 0. The van der Waals surface area contributed by atoms with Crippen LogP contribution in [0.4, 0.5) is 0 Å². The topological polar surface area (TPSA) is 130 Å². The van der Waals surface area contributed by atoms with Gasteiger partial charge in [-0.1, -0.05) is 11.6 Å². The molecule has 8 nitrogen and oxygen atoms in total. The van der Waals surface area contributed by atoms with Crippen LogP contribution >= 0.6 is 0 Å². The molecular weight excluding hydrogens is 440 g/mol. The SMILES string of the molecule is COc1c(O)c2c(c(-c3coc4cc(O)cc(O)c4c3=O)c1CC=C(C)C)C[C@H](C(C)(C)O)O2. The Kier molecular flexibility index (Phi) is 5.73. The minimum atomic E-state index is -1.22. The maximum Gasteiger partial charge on any atom is 0.204 e. The molecule has 0 saturated carbocycles. The van der Waals surface area contributed by atoms with Gasteiger partial charge in [0.1, 0.15) is 34.8 Å². The molecule has 180 valence electrons. The number of aromatic hydroxyl groups is 3. The van der Waals surface area contributed by atoms with Crippen LogP contribution in [0, 0.1) is 0 Å². The number of hydrogen-bond donors (Lipinski definition) is 4. The van der Waals surface area contributed by atoms with Gasteiger partial charge in [-0.3, -0.25) is 4.79 Å². The van der Waals surface area contributed by atoms with Gasteiger partial charge < -0.3 is 34.3 Å². The van der Waals surface area contributed by atoms with Crippen molar-refractivity contribution in [3.8, 4) is 39.9 Å². The Morgan fingerprint density at radius 2 is 1.94 bits per heavy atom. The van der Waals surface area contributed by atoms with Crippen LogP contribution in [-0.2, 0) is 12.8 Å². The van der Waals surface area contributed by atoms with E-state index in [4.69, 9.17) is 13.9 Å². The van der Waals surface area contributed by atoms with Crippen LogP contribution in [0.3, 0.4) is 0 Å². The van der Waals surface area contributed by atoms with Gasteiger partial charge in [0.05, 0.1) is 18.3 Å². The van der Waals surface area contributed by atoms with Crippen LogP contribution < -0.4 is 14.9 Å². The summed E-state index contributed by atoms with van der Waals surface area (Å²) in [4.78, 5) is 13.6. The molecule has 1 aromatic heterocycles. The first-order valence-corrected chi connectivity index (χ1v) is 10.9. The quantitative estimate of drug-likeness (QED) is 0.411. The minimum absolute atomic E-state index is 0.0325. The molecule has 4 rings (SSSR count). The van der Waals surface area contributed by atoms with Crippen molar-refractivity contribution in [1.29, 1.82) is 0 Å². The molecule has 3 aromatic rings. The number of hydrogen-bond acceptors (Lipinski definition) is 8. The summed E-state index contributed by atoms with van der Waals surface area (Å²) in [5.74, 6) is -0.572. The molecule has 0 amide bonds. The molecule has 0 spiro atoms. The highest BCUT2D eigenvalue weighted by Gasteiger charge is 2.40. The lowest BCUT2D eigenvalue weighted by Crippen LogP contribution is -2.39. The van der Waals surface area contributed by atoms with Crippen molar-refractivity contribution in [3.63, 3.8) is 0 Å². The number of ether oxygens (including phenoxy) is 2. The number of rotatable bonds is 5. The molecule has 0 fully saturated rings. The molecule has 0 saturated heterocycles. The average molecular weight is 469 g/mol. The fourth-order valence-electron chi connectivity index (χ4n) is 4.32. The van der Waals surface area contributed by atoms with Gasteiger partial charge in [-0.15, -0.1) is 0 Å². The van der Waals surface area contributed by atoms with E-state index in [1.54, 1.807) is 13.8 Å². The van der Waals surface area contributed by atoms with E-state index in [2.05, 4.69) is 0 Å². The van der Waals surface area contributed by atoms with Crippen molar-refractivity contribution in [2.75, 3.05) is 7.11 Å². The van der Waals surface area contributed by atoms with Crippen LogP contribution in [0.25, 0.3) is 22.1 Å². The lowest BCUT2D eigenvalue weighted by atomic mass is 9.87. The van der Waals surface area contributed by atoms with E-state index in [0.29, 0.717) is 23.1 Å². The monoisotopic (exact) mass is 468 g/mol. The van der Waals surface area contributed by atoms with Crippen LogP contribution in [0.15, 0.2) is 39.3 Å². The van der Waals surface area contributed by atoms with Crippen molar-refractivity contribution >= 4 is 11.0 Å². The van der Waals surface area contributed by atoms with E-state index in [0.717, 1.165) is 11.6 Å². The Bertz CT molecular complexity index is 1370. The molecule has 2 aromatic carbocycles. The third-order valence-electron chi connectivity index (χ3n) is 6.05. The van der Waals surface area contributed by atoms with Crippen molar-refractivity contribution in [2.45, 2.75) is 52.2 Å². The third-order valence-corrected chi connectivity index (χ3v) is 6.05. The van der Waals surface area contributed by atoms with Crippen molar-refractivity contribution in [3.05, 3.63) is 51.4 Å². The normalized spacial score (nSPS) is 15.2. The summed E-state index contributed by atoms with van der Waals surface area (Å²) in [6, 6.07) is 2.32. The molecular formula is C26H28O8. The lowest BCUT2D eigenvalue weighted by molar-refractivity contribution is -0.0236. The van der Waals surface area contributed by atoms with Crippen molar-refractivity contribution in [2.24, 2.45) is 0 Å². The maximum atomic E-state index is 13.6. The number of aliphatic hydroxyl groups is 1. The predicted molar refractivity (Wildman–Crippen MR) is 127 cm³/mol. The molecule has 0 bridgehead atoms. The molecule has 1 aliphatic rings. The molecule has 0 unspecified atom stereocenters. The van der Waals surface area contributed by atoms with Gasteiger partial charge in [0.2, 0.25) is 11.2 Å². The van der Waals surface area contributed by atoms with Crippen LogP contribution in [0.5, 0.6) is 28.7 Å². The standard InChI is InChI=1S/C26H28O8/c1-12(2)6-7-14-20(16-11-33-18-9-13(27)8-17(28)21(18)22(16)29)15-10-19(26(3,4)31)34-25(15)23(30)24(14)32-5/h6,8-9,11,19,27-28,30-31H,7,10H2,1-5H3/t19-/m1/s1. The molecule has 8 heteroatoms. The fourth-order valence-corrected chi connectivity index (χ4v) is 4.32. The average Bonchev–Trinajstić information content (AvgIpc) is 3.19. The zero-order chi connectivity index (χ0) is 24.9. The summed E-state index contributed by atoms with van der Waals surface area (Å²) in [6.45, 7) is 7.08.